The van der Waals surface area contributed by atoms with Gasteiger partial charge in [-0.15, -0.1) is 0 Å². The average molecular weight is 291 g/mol. The van der Waals surface area contributed by atoms with Crippen LogP contribution < -0.4 is 10.1 Å². The van der Waals surface area contributed by atoms with Crippen molar-refractivity contribution in [2.24, 2.45) is 0 Å². The Morgan fingerprint density at radius 1 is 1.10 bits per heavy atom. The van der Waals surface area contributed by atoms with Crippen molar-refractivity contribution in [3.63, 3.8) is 0 Å². The minimum absolute atomic E-state index is 0.0766. The molecular formula is C16H15F2NO2. The fraction of sp³-hybridized carbons (Fsp3) is 0.188. The Morgan fingerprint density at radius 3 is 2.29 bits per heavy atom. The molecule has 0 bridgehead atoms. The van der Waals surface area contributed by atoms with Gasteiger partial charge in [0.1, 0.15) is 5.75 Å². The molecule has 0 saturated heterocycles. The molecule has 0 atom stereocenters. The SMILES string of the molecule is Cc1ccc(NC(=O)Cc2ccc(OC(F)F)cc2)cc1. The molecule has 1 N–H and O–H groups in total. The number of benzene rings is 2. The third kappa shape index (κ3) is 4.87. The second-order valence-corrected chi connectivity index (χ2v) is 4.61. The summed E-state index contributed by atoms with van der Waals surface area (Å²) in [5, 5.41) is 2.77. The Labute approximate surface area is 121 Å². The summed E-state index contributed by atoms with van der Waals surface area (Å²) in [7, 11) is 0. The van der Waals surface area contributed by atoms with E-state index in [2.05, 4.69) is 10.1 Å². The van der Waals surface area contributed by atoms with Gasteiger partial charge in [0.15, 0.2) is 0 Å². The molecule has 0 fully saturated rings. The van der Waals surface area contributed by atoms with Gasteiger partial charge in [0.05, 0.1) is 6.42 Å². The summed E-state index contributed by atoms with van der Waals surface area (Å²) in [5.41, 5.74) is 2.56. The van der Waals surface area contributed by atoms with E-state index in [1.807, 2.05) is 31.2 Å². The first kappa shape index (κ1) is 15.0. The molecule has 2 aromatic rings. The Balaban J connectivity index is 1.91. The predicted molar refractivity (Wildman–Crippen MR) is 76.6 cm³/mol. The molecule has 0 aliphatic heterocycles. The summed E-state index contributed by atoms with van der Waals surface area (Å²) < 4.78 is 28.3. The third-order valence-corrected chi connectivity index (χ3v) is 2.85. The molecule has 0 saturated carbocycles. The molecule has 0 aliphatic rings. The summed E-state index contributed by atoms with van der Waals surface area (Å²) in [4.78, 5) is 11.9. The number of halogens is 2. The molecule has 110 valence electrons. The highest BCUT2D eigenvalue weighted by molar-refractivity contribution is 5.92. The van der Waals surface area contributed by atoms with Crippen molar-refractivity contribution in [3.8, 4) is 5.75 Å². The van der Waals surface area contributed by atoms with E-state index >= 15 is 0 Å². The topological polar surface area (TPSA) is 38.3 Å². The van der Waals surface area contributed by atoms with Crippen LogP contribution in [0.5, 0.6) is 5.75 Å². The molecule has 0 radical (unpaired) electrons. The molecule has 0 heterocycles. The van der Waals surface area contributed by atoms with Crippen LogP contribution in [0.2, 0.25) is 0 Å². The van der Waals surface area contributed by atoms with Gasteiger partial charge in [-0.2, -0.15) is 8.78 Å². The summed E-state index contributed by atoms with van der Waals surface area (Å²) in [6, 6.07) is 13.5. The highest BCUT2D eigenvalue weighted by Gasteiger charge is 2.06. The van der Waals surface area contributed by atoms with Crippen LogP contribution in [0.25, 0.3) is 0 Å². The van der Waals surface area contributed by atoms with Crippen molar-refractivity contribution in [1.29, 1.82) is 0 Å². The number of anilines is 1. The van der Waals surface area contributed by atoms with E-state index in [4.69, 9.17) is 0 Å². The number of aryl methyl sites for hydroxylation is 1. The molecule has 1 amide bonds. The quantitative estimate of drug-likeness (QED) is 0.910. The van der Waals surface area contributed by atoms with Crippen molar-refractivity contribution in [1.82, 2.24) is 0 Å². The normalized spacial score (nSPS) is 10.5. The van der Waals surface area contributed by atoms with E-state index < -0.39 is 6.61 Å². The molecule has 2 aromatic carbocycles. The minimum Gasteiger partial charge on any atom is -0.435 e. The van der Waals surface area contributed by atoms with Crippen LogP contribution in [0.15, 0.2) is 48.5 Å². The van der Waals surface area contributed by atoms with Crippen LogP contribution in [-0.4, -0.2) is 12.5 Å². The Bertz CT molecular complexity index is 595. The Morgan fingerprint density at radius 2 is 1.71 bits per heavy atom. The monoisotopic (exact) mass is 291 g/mol. The van der Waals surface area contributed by atoms with Crippen LogP contribution in [-0.2, 0) is 11.2 Å². The first-order chi connectivity index (χ1) is 10.0. The molecule has 0 spiro atoms. The lowest BCUT2D eigenvalue weighted by atomic mass is 10.1. The number of alkyl halides is 2. The van der Waals surface area contributed by atoms with Crippen molar-refractivity contribution in [2.45, 2.75) is 20.0 Å². The molecule has 21 heavy (non-hydrogen) atoms. The third-order valence-electron chi connectivity index (χ3n) is 2.85. The van der Waals surface area contributed by atoms with E-state index in [0.717, 1.165) is 16.8 Å². The van der Waals surface area contributed by atoms with Gasteiger partial charge in [0.2, 0.25) is 5.91 Å². The number of amides is 1. The summed E-state index contributed by atoms with van der Waals surface area (Å²) in [5.74, 6) is -0.0888. The average Bonchev–Trinajstić information content (AvgIpc) is 2.43. The fourth-order valence-electron chi connectivity index (χ4n) is 1.82. The first-order valence-electron chi connectivity index (χ1n) is 6.43. The number of carbonyl (C=O) groups is 1. The lowest BCUT2D eigenvalue weighted by molar-refractivity contribution is -0.115. The van der Waals surface area contributed by atoms with Crippen molar-refractivity contribution >= 4 is 11.6 Å². The highest BCUT2D eigenvalue weighted by atomic mass is 19.3. The van der Waals surface area contributed by atoms with Gasteiger partial charge < -0.3 is 10.1 Å². The maximum absolute atomic E-state index is 12.0. The standard InChI is InChI=1S/C16H15F2NO2/c1-11-2-6-13(7-3-11)19-15(20)10-12-4-8-14(9-5-12)21-16(17)18/h2-9,16H,10H2,1H3,(H,19,20). The largest absolute Gasteiger partial charge is 0.435 e. The van der Waals surface area contributed by atoms with Crippen LogP contribution in [0.4, 0.5) is 14.5 Å². The second kappa shape index (κ2) is 6.83. The number of nitrogens with one attached hydrogen (secondary N) is 1. The van der Waals surface area contributed by atoms with Gasteiger partial charge >= 0.3 is 6.61 Å². The summed E-state index contributed by atoms with van der Waals surface area (Å²) in [6.45, 7) is -0.880. The molecule has 2 rings (SSSR count). The minimum atomic E-state index is -2.85. The number of rotatable bonds is 5. The van der Waals surface area contributed by atoms with E-state index in [0.29, 0.717) is 0 Å². The number of ether oxygens (including phenoxy) is 1. The fourth-order valence-corrected chi connectivity index (χ4v) is 1.82. The maximum Gasteiger partial charge on any atom is 0.387 e. The lowest BCUT2D eigenvalue weighted by Gasteiger charge is -2.07. The summed E-state index contributed by atoms with van der Waals surface area (Å²) in [6.07, 6.45) is 0.169. The highest BCUT2D eigenvalue weighted by Crippen LogP contribution is 2.16. The smallest absolute Gasteiger partial charge is 0.387 e. The van der Waals surface area contributed by atoms with Crippen molar-refractivity contribution in [2.75, 3.05) is 5.32 Å². The van der Waals surface area contributed by atoms with E-state index in [9.17, 15) is 13.6 Å². The van der Waals surface area contributed by atoms with Crippen LogP contribution >= 0.6 is 0 Å². The summed E-state index contributed by atoms with van der Waals surface area (Å²) >= 11 is 0. The van der Waals surface area contributed by atoms with Gasteiger partial charge in [0, 0.05) is 5.69 Å². The lowest BCUT2D eigenvalue weighted by Crippen LogP contribution is -2.14. The van der Waals surface area contributed by atoms with Gasteiger partial charge in [-0.1, -0.05) is 29.8 Å². The zero-order valence-corrected chi connectivity index (χ0v) is 11.5. The van der Waals surface area contributed by atoms with E-state index in [1.54, 1.807) is 12.1 Å². The number of hydrogen-bond donors (Lipinski definition) is 1. The Kier molecular flexibility index (Phi) is 4.87. The Hall–Kier alpha value is -2.43. The van der Waals surface area contributed by atoms with Gasteiger partial charge in [-0.25, -0.2) is 0 Å². The van der Waals surface area contributed by atoms with E-state index in [-0.39, 0.29) is 18.1 Å². The predicted octanol–water partition coefficient (Wildman–Crippen LogP) is 3.78. The first-order valence-corrected chi connectivity index (χ1v) is 6.43. The van der Waals surface area contributed by atoms with Gasteiger partial charge in [0.25, 0.3) is 0 Å². The molecule has 0 aliphatic carbocycles. The van der Waals surface area contributed by atoms with Crippen molar-refractivity contribution in [3.05, 3.63) is 59.7 Å². The number of hydrogen-bond acceptors (Lipinski definition) is 2. The molecule has 0 aromatic heterocycles. The second-order valence-electron chi connectivity index (χ2n) is 4.61. The van der Waals surface area contributed by atoms with Gasteiger partial charge in [-0.05, 0) is 36.8 Å². The maximum atomic E-state index is 12.0. The zero-order valence-electron chi connectivity index (χ0n) is 11.5. The molecule has 5 heteroatoms. The van der Waals surface area contributed by atoms with Crippen LogP contribution in [0.1, 0.15) is 11.1 Å². The van der Waals surface area contributed by atoms with Crippen LogP contribution in [0, 0.1) is 6.92 Å². The molecule has 0 unspecified atom stereocenters. The van der Waals surface area contributed by atoms with Crippen molar-refractivity contribution < 1.29 is 18.3 Å². The zero-order chi connectivity index (χ0) is 15.2. The molecular weight excluding hydrogens is 276 g/mol. The van der Waals surface area contributed by atoms with E-state index in [1.165, 1.54) is 12.1 Å². The van der Waals surface area contributed by atoms with Gasteiger partial charge in [-0.3, -0.25) is 4.79 Å². The number of carbonyl (C=O) groups excluding carboxylic acids is 1. The molecule has 3 nitrogen and oxygen atoms in total. The van der Waals surface area contributed by atoms with Crippen LogP contribution in [0.3, 0.4) is 0 Å².